The predicted octanol–water partition coefficient (Wildman–Crippen LogP) is 4.08. The maximum absolute atomic E-state index is 13.5. The fourth-order valence-corrected chi connectivity index (χ4v) is 1.92. The predicted molar refractivity (Wildman–Crippen MR) is 77.9 cm³/mol. The van der Waals surface area contributed by atoms with E-state index in [1.54, 1.807) is 12.1 Å². The Balaban J connectivity index is 2.28. The molecule has 98 valence electrons. The summed E-state index contributed by atoms with van der Waals surface area (Å²) in [5.74, 6) is -1.07. The van der Waals surface area contributed by atoms with Crippen LogP contribution in [0, 0.1) is 5.82 Å². The van der Waals surface area contributed by atoms with E-state index in [1.807, 2.05) is 0 Å². The minimum atomic E-state index is -0.587. The second kappa shape index (κ2) is 5.59. The first-order chi connectivity index (χ1) is 8.99. The normalized spacial score (nSPS) is 10.3. The molecule has 1 amide bonds. The largest absolute Gasteiger partial charge is 0.397 e. The van der Waals surface area contributed by atoms with Gasteiger partial charge < -0.3 is 11.1 Å². The van der Waals surface area contributed by atoms with Crippen molar-refractivity contribution in [1.29, 1.82) is 0 Å². The number of nitrogens with one attached hydrogen (secondary N) is 1. The van der Waals surface area contributed by atoms with E-state index in [-0.39, 0.29) is 11.4 Å². The molecule has 0 radical (unpaired) electrons. The monoisotopic (exact) mass is 342 g/mol. The maximum Gasteiger partial charge on any atom is 0.255 e. The molecule has 3 nitrogen and oxygen atoms in total. The van der Waals surface area contributed by atoms with Crippen molar-refractivity contribution in [3.63, 3.8) is 0 Å². The zero-order valence-electron chi connectivity index (χ0n) is 9.58. The lowest BCUT2D eigenvalue weighted by molar-refractivity contribution is 0.102. The van der Waals surface area contributed by atoms with Gasteiger partial charge in [0.2, 0.25) is 0 Å². The number of nitrogen functional groups attached to an aromatic ring is 1. The number of para-hydroxylation sites is 1. The van der Waals surface area contributed by atoms with Crippen molar-refractivity contribution in [1.82, 2.24) is 0 Å². The van der Waals surface area contributed by atoms with Gasteiger partial charge in [0, 0.05) is 10.0 Å². The Hall–Kier alpha value is -1.59. The van der Waals surface area contributed by atoms with Gasteiger partial charge in [-0.15, -0.1) is 0 Å². The lowest BCUT2D eigenvalue weighted by Gasteiger charge is -2.09. The Morgan fingerprint density at radius 1 is 1.32 bits per heavy atom. The van der Waals surface area contributed by atoms with Crippen LogP contribution in [0.3, 0.4) is 0 Å². The van der Waals surface area contributed by atoms with E-state index in [1.165, 1.54) is 24.3 Å². The Bertz CT molecular complexity index is 628. The summed E-state index contributed by atoms with van der Waals surface area (Å²) in [6.07, 6.45) is 0. The highest BCUT2D eigenvalue weighted by Gasteiger charge is 2.12. The standard InChI is InChI=1S/C13H9BrClFN2O/c14-8-5-4-7(6-9(8)15)13(19)18-12-10(16)2-1-3-11(12)17/h1-6H,17H2,(H,18,19). The van der Waals surface area contributed by atoms with E-state index in [9.17, 15) is 9.18 Å². The van der Waals surface area contributed by atoms with Crippen molar-refractivity contribution in [2.75, 3.05) is 11.1 Å². The summed E-state index contributed by atoms with van der Waals surface area (Å²) in [4.78, 5) is 12.0. The first-order valence-electron chi connectivity index (χ1n) is 5.29. The SMILES string of the molecule is Nc1cccc(F)c1NC(=O)c1ccc(Br)c(Cl)c1. The highest BCUT2D eigenvalue weighted by atomic mass is 79.9. The summed E-state index contributed by atoms with van der Waals surface area (Å²) in [5, 5.41) is 2.83. The second-order valence-electron chi connectivity index (χ2n) is 3.79. The topological polar surface area (TPSA) is 55.1 Å². The third-order valence-electron chi connectivity index (χ3n) is 2.47. The molecule has 0 aliphatic rings. The fourth-order valence-electron chi connectivity index (χ4n) is 1.50. The highest BCUT2D eigenvalue weighted by Crippen LogP contribution is 2.25. The molecule has 19 heavy (non-hydrogen) atoms. The molecule has 0 spiro atoms. The first kappa shape index (κ1) is 13.8. The Morgan fingerprint density at radius 2 is 2.05 bits per heavy atom. The van der Waals surface area contributed by atoms with Crippen LogP contribution in [-0.2, 0) is 0 Å². The molecule has 2 aromatic rings. The van der Waals surface area contributed by atoms with E-state index < -0.39 is 11.7 Å². The molecule has 0 aromatic heterocycles. The smallest absolute Gasteiger partial charge is 0.255 e. The van der Waals surface area contributed by atoms with Gasteiger partial charge in [-0.05, 0) is 46.3 Å². The van der Waals surface area contributed by atoms with Crippen LogP contribution in [0.1, 0.15) is 10.4 Å². The van der Waals surface area contributed by atoms with Gasteiger partial charge in [0.05, 0.1) is 10.7 Å². The van der Waals surface area contributed by atoms with Gasteiger partial charge in [-0.25, -0.2) is 4.39 Å². The van der Waals surface area contributed by atoms with Crippen LogP contribution in [0.4, 0.5) is 15.8 Å². The number of carbonyl (C=O) groups is 1. The van der Waals surface area contributed by atoms with Crippen LogP contribution in [0.2, 0.25) is 5.02 Å². The summed E-state index contributed by atoms with van der Waals surface area (Å²) >= 11 is 9.12. The van der Waals surface area contributed by atoms with Crippen molar-refractivity contribution < 1.29 is 9.18 Å². The van der Waals surface area contributed by atoms with Crippen LogP contribution < -0.4 is 11.1 Å². The molecule has 3 N–H and O–H groups in total. The molecule has 0 aliphatic heterocycles. The van der Waals surface area contributed by atoms with E-state index in [2.05, 4.69) is 21.2 Å². The summed E-state index contributed by atoms with van der Waals surface area (Å²) < 4.78 is 14.2. The lowest BCUT2D eigenvalue weighted by Crippen LogP contribution is -2.14. The van der Waals surface area contributed by atoms with Gasteiger partial charge in [0.15, 0.2) is 0 Å². The summed E-state index contributed by atoms with van der Waals surface area (Å²) in [7, 11) is 0. The van der Waals surface area contributed by atoms with Gasteiger partial charge in [-0.1, -0.05) is 17.7 Å². The second-order valence-corrected chi connectivity index (χ2v) is 5.05. The Labute approximate surface area is 122 Å². The molecule has 6 heteroatoms. The van der Waals surface area contributed by atoms with Crippen molar-refractivity contribution in [2.45, 2.75) is 0 Å². The molecule has 0 heterocycles. The number of amides is 1. The minimum absolute atomic E-state index is 0.0356. The van der Waals surface area contributed by atoms with Crippen LogP contribution >= 0.6 is 27.5 Å². The number of nitrogens with two attached hydrogens (primary N) is 1. The van der Waals surface area contributed by atoms with Crippen LogP contribution in [0.5, 0.6) is 0 Å². The molecule has 0 saturated heterocycles. The van der Waals surface area contributed by atoms with E-state index in [0.717, 1.165) is 0 Å². The van der Waals surface area contributed by atoms with Gasteiger partial charge in [-0.3, -0.25) is 4.79 Å². The van der Waals surface area contributed by atoms with Crippen LogP contribution in [0.15, 0.2) is 40.9 Å². The molecular formula is C13H9BrClFN2O. The number of halogens is 3. The molecule has 0 unspecified atom stereocenters. The number of carbonyl (C=O) groups excluding carboxylic acids is 1. The van der Waals surface area contributed by atoms with E-state index in [0.29, 0.717) is 15.1 Å². The number of hydrogen-bond donors (Lipinski definition) is 2. The van der Waals surface area contributed by atoms with E-state index >= 15 is 0 Å². The average Bonchev–Trinajstić information content (AvgIpc) is 2.37. The number of anilines is 2. The molecular weight excluding hydrogens is 335 g/mol. The maximum atomic E-state index is 13.5. The van der Waals surface area contributed by atoms with Crippen molar-refractivity contribution in [2.24, 2.45) is 0 Å². The van der Waals surface area contributed by atoms with Crippen molar-refractivity contribution >= 4 is 44.8 Å². The number of hydrogen-bond acceptors (Lipinski definition) is 2. The first-order valence-corrected chi connectivity index (χ1v) is 6.46. The van der Waals surface area contributed by atoms with Gasteiger partial charge in [0.1, 0.15) is 11.5 Å². The molecule has 2 rings (SSSR count). The molecule has 0 saturated carbocycles. The summed E-state index contributed by atoms with van der Waals surface area (Å²) in [6, 6.07) is 8.90. The Kier molecular flexibility index (Phi) is 4.07. The van der Waals surface area contributed by atoms with E-state index in [4.69, 9.17) is 17.3 Å². The quantitative estimate of drug-likeness (QED) is 0.807. The van der Waals surface area contributed by atoms with Crippen molar-refractivity contribution in [3.8, 4) is 0 Å². The zero-order chi connectivity index (χ0) is 14.0. The van der Waals surface area contributed by atoms with Gasteiger partial charge in [-0.2, -0.15) is 0 Å². The van der Waals surface area contributed by atoms with Gasteiger partial charge >= 0.3 is 0 Å². The molecule has 0 aliphatic carbocycles. The van der Waals surface area contributed by atoms with Crippen molar-refractivity contribution in [3.05, 3.63) is 57.3 Å². The minimum Gasteiger partial charge on any atom is -0.397 e. The third-order valence-corrected chi connectivity index (χ3v) is 3.70. The fraction of sp³-hybridized carbons (Fsp3) is 0. The van der Waals surface area contributed by atoms with Crippen LogP contribution in [-0.4, -0.2) is 5.91 Å². The third kappa shape index (κ3) is 3.05. The summed E-state index contributed by atoms with van der Waals surface area (Å²) in [6.45, 7) is 0. The average molecular weight is 344 g/mol. The van der Waals surface area contributed by atoms with Gasteiger partial charge in [0.25, 0.3) is 5.91 Å². The molecule has 0 atom stereocenters. The highest BCUT2D eigenvalue weighted by molar-refractivity contribution is 9.10. The summed E-state index contributed by atoms with van der Waals surface area (Å²) in [5.41, 5.74) is 6.06. The number of rotatable bonds is 2. The molecule has 0 bridgehead atoms. The molecule has 2 aromatic carbocycles. The van der Waals surface area contributed by atoms with Crippen LogP contribution in [0.25, 0.3) is 0 Å². The zero-order valence-corrected chi connectivity index (χ0v) is 11.9. The number of benzene rings is 2. The molecule has 0 fully saturated rings. The lowest BCUT2D eigenvalue weighted by atomic mass is 10.2. The Morgan fingerprint density at radius 3 is 2.68 bits per heavy atom.